The van der Waals surface area contributed by atoms with Crippen LogP contribution in [0.2, 0.25) is 0 Å². The SMILES string of the molecule is CC[C@@H](C)[C@H](NC(=O)CNC(=O)COc1cc2c(c3oc(=O)cc(C)c13)CCC(C)(C)O2)C(=O)O. The van der Waals surface area contributed by atoms with Crippen LogP contribution in [0, 0.1) is 12.8 Å². The number of benzene rings is 1. The second kappa shape index (κ2) is 10.4. The summed E-state index contributed by atoms with van der Waals surface area (Å²) >= 11 is 0. The number of aryl methyl sites for hydroxylation is 2. The first kappa shape index (κ1) is 26.1. The van der Waals surface area contributed by atoms with Gasteiger partial charge in [0.1, 0.15) is 28.7 Å². The Hall–Kier alpha value is -3.56. The van der Waals surface area contributed by atoms with Gasteiger partial charge in [0.25, 0.3) is 5.91 Å². The maximum absolute atomic E-state index is 12.4. The number of carboxylic acid groups (broad SMARTS) is 1. The number of carboxylic acids is 1. The smallest absolute Gasteiger partial charge is 0.336 e. The molecule has 0 saturated heterocycles. The monoisotopic (exact) mass is 488 g/mol. The number of rotatable bonds is 9. The quantitative estimate of drug-likeness (QED) is 0.456. The summed E-state index contributed by atoms with van der Waals surface area (Å²) in [6.45, 7) is 8.43. The lowest BCUT2D eigenvalue weighted by Gasteiger charge is -2.33. The molecule has 35 heavy (non-hydrogen) atoms. The largest absolute Gasteiger partial charge is 0.487 e. The highest BCUT2D eigenvalue weighted by molar-refractivity contribution is 5.92. The number of carbonyl (C=O) groups is 3. The molecule has 0 bridgehead atoms. The van der Waals surface area contributed by atoms with Crippen LogP contribution < -0.4 is 25.7 Å². The third-order valence-electron chi connectivity index (χ3n) is 6.20. The van der Waals surface area contributed by atoms with E-state index < -0.39 is 48.2 Å². The van der Waals surface area contributed by atoms with Crippen molar-refractivity contribution in [1.82, 2.24) is 10.6 Å². The second-order valence-corrected chi connectivity index (χ2v) is 9.50. The molecule has 10 nitrogen and oxygen atoms in total. The third kappa shape index (κ3) is 6.12. The molecule has 2 amide bonds. The molecule has 0 fully saturated rings. The van der Waals surface area contributed by atoms with Gasteiger partial charge >= 0.3 is 11.6 Å². The van der Waals surface area contributed by atoms with Crippen molar-refractivity contribution >= 4 is 28.8 Å². The van der Waals surface area contributed by atoms with Crippen LogP contribution in [-0.4, -0.2) is 47.7 Å². The highest BCUT2D eigenvalue weighted by Gasteiger charge is 2.31. The molecule has 0 aliphatic carbocycles. The fraction of sp³-hybridized carbons (Fsp3) is 0.520. The van der Waals surface area contributed by atoms with Crippen molar-refractivity contribution in [1.29, 1.82) is 0 Å². The average Bonchev–Trinajstić information content (AvgIpc) is 2.77. The minimum atomic E-state index is -1.13. The molecule has 2 aromatic rings. The summed E-state index contributed by atoms with van der Waals surface area (Å²) in [5.41, 5.74) is 0.907. The van der Waals surface area contributed by atoms with Crippen molar-refractivity contribution < 1.29 is 33.4 Å². The lowest BCUT2D eigenvalue weighted by Crippen LogP contribution is -2.48. The number of aliphatic carboxylic acids is 1. The van der Waals surface area contributed by atoms with Gasteiger partial charge in [0.2, 0.25) is 5.91 Å². The molecule has 0 radical (unpaired) electrons. The first-order valence-corrected chi connectivity index (χ1v) is 11.6. The number of amides is 2. The zero-order valence-electron chi connectivity index (χ0n) is 20.6. The van der Waals surface area contributed by atoms with Crippen LogP contribution in [0.1, 0.15) is 51.7 Å². The van der Waals surface area contributed by atoms with E-state index in [1.807, 2.05) is 20.8 Å². The number of carbonyl (C=O) groups excluding carboxylic acids is 2. The van der Waals surface area contributed by atoms with Crippen LogP contribution in [0.25, 0.3) is 11.0 Å². The molecule has 2 heterocycles. The molecule has 0 spiro atoms. The van der Waals surface area contributed by atoms with E-state index in [0.29, 0.717) is 40.9 Å². The van der Waals surface area contributed by atoms with E-state index in [1.54, 1.807) is 19.9 Å². The zero-order chi connectivity index (χ0) is 25.9. The zero-order valence-corrected chi connectivity index (χ0v) is 20.6. The molecule has 3 N–H and O–H groups in total. The van der Waals surface area contributed by atoms with Gasteiger partial charge in [-0.1, -0.05) is 20.3 Å². The Bertz CT molecular complexity index is 1200. The van der Waals surface area contributed by atoms with Crippen molar-refractivity contribution in [3.63, 3.8) is 0 Å². The van der Waals surface area contributed by atoms with E-state index >= 15 is 0 Å². The van der Waals surface area contributed by atoms with Gasteiger partial charge in [0, 0.05) is 17.7 Å². The maximum atomic E-state index is 12.4. The fourth-order valence-corrected chi connectivity index (χ4v) is 4.02. The summed E-state index contributed by atoms with van der Waals surface area (Å²) in [5.74, 6) is -1.73. The lowest BCUT2D eigenvalue weighted by atomic mass is 9.92. The van der Waals surface area contributed by atoms with Gasteiger partial charge in [-0.05, 0) is 45.1 Å². The van der Waals surface area contributed by atoms with Crippen LogP contribution in [0.3, 0.4) is 0 Å². The maximum Gasteiger partial charge on any atom is 0.336 e. The summed E-state index contributed by atoms with van der Waals surface area (Å²) in [4.78, 5) is 47.9. The Labute approximate surface area is 203 Å². The minimum Gasteiger partial charge on any atom is -0.487 e. The van der Waals surface area contributed by atoms with E-state index in [9.17, 15) is 24.3 Å². The lowest BCUT2D eigenvalue weighted by molar-refractivity contribution is -0.143. The molecule has 1 aliphatic rings. The normalized spacial score (nSPS) is 15.9. The number of nitrogens with one attached hydrogen (secondary N) is 2. The standard InChI is InChI=1S/C25H32N2O8/c1-6-13(2)22(24(31)32)27-18(28)11-26-19(29)12-33-17-10-16-15(7-8-25(4,5)35-16)23-21(17)14(3)9-20(30)34-23/h9-10,13,22H,6-8,11-12H2,1-5H3,(H,26,29)(H,27,28)(H,31,32)/t13-,22+/m1/s1. The molecular weight excluding hydrogens is 456 g/mol. The summed E-state index contributed by atoms with van der Waals surface area (Å²) in [7, 11) is 0. The molecule has 2 atom stereocenters. The van der Waals surface area contributed by atoms with E-state index in [1.165, 1.54) is 6.07 Å². The number of fused-ring (bicyclic) bond motifs is 3. The Kier molecular flexibility index (Phi) is 7.72. The molecule has 190 valence electrons. The summed E-state index contributed by atoms with van der Waals surface area (Å²) < 4.78 is 17.3. The number of hydrogen-bond donors (Lipinski definition) is 3. The second-order valence-electron chi connectivity index (χ2n) is 9.50. The van der Waals surface area contributed by atoms with E-state index in [4.69, 9.17) is 13.9 Å². The van der Waals surface area contributed by atoms with E-state index in [2.05, 4.69) is 10.6 Å². The number of ether oxygens (including phenoxy) is 2. The Morgan fingerprint density at radius 3 is 2.60 bits per heavy atom. The van der Waals surface area contributed by atoms with Gasteiger partial charge in [-0.3, -0.25) is 9.59 Å². The van der Waals surface area contributed by atoms with Crippen molar-refractivity contribution in [2.45, 2.75) is 65.5 Å². The van der Waals surface area contributed by atoms with Crippen LogP contribution in [0.15, 0.2) is 21.3 Å². The highest BCUT2D eigenvalue weighted by Crippen LogP contribution is 2.42. The van der Waals surface area contributed by atoms with Gasteiger partial charge in [0.15, 0.2) is 6.61 Å². The van der Waals surface area contributed by atoms with Gasteiger partial charge in [-0.25, -0.2) is 9.59 Å². The molecule has 0 saturated carbocycles. The molecule has 1 aliphatic heterocycles. The van der Waals surface area contributed by atoms with Crippen LogP contribution >= 0.6 is 0 Å². The van der Waals surface area contributed by atoms with Crippen molar-refractivity contribution in [3.05, 3.63) is 33.7 Å². The fourth-order valence-electron chi connectivity index (χ4n) is 4.02. The third-order valence-corrected chi connectivity index (χ3v) is 6.20. The predicted molar refractivity (Wildman–Crippen MR) is 128 cm³/mol. The molecule has 10 heteroatoms. The Morgan fingerprint density at radius 2 is 1.94 bits per heavy atom. The van der Waals surface area contributed by atoms with Gasteiger partial charge in [-0.15, -0.1) is 0 Å². The highest BCUT2D eigenvalue weighted by atomic mass is 16.5. The molecule has 3 rings (SSSR count). The van der Waals surface area contributed by atoms with Crippen molar-refractivity contribution in [2.75, 3.05) is 13.2 Å². The van der Waals surface area contributed by atoms with Crippen molar-refractivity contribution in [3.8, 4) is 11.5 Å². The first-order valence-electron chi connectivity index (χ1n) is 11.6. The predicted octanol–water partition coefficient (Wildman–Crippen LogP) is 2.32. The summed E-state index contributed by atoms with van der Waals surface area (Å²) in [6, 6.07) is 2.01. The van der Waals surface area contributed by atoms with Gasteiger partial charge in [0.05, 0.1) is 11.9 Å². The molecule has 1 aromatic carbocycles. The first-order chi connectivity index (χ1) is 16.4. The molecule has 0 unspecified atom stereocenters. The van der Waals surface area contributed by atoms with Crippen molar-refractivity contribution in [2.24, 2.45) is 5.92 Å². The summed E-state index contributed by atoms with van der Waals surface area (Å²) in [6.07, 6.45) is 1.99. The summed E-state index contributed by atoms with van der Waals surface area (Å²) in [5, 5.41) is 14.7. The van der Waals surface area contributed by atoms with Gasteiger partial charge < -0.3 is 29.6 Å². The minimum absolute atomic E-state index is 0.261. The van der Waals surface area contributed by atoms with Gasteiger partial charge in [-0.2, -0.15) is 0 Å². The van der Waals surface area contributed by atoms with Crippen LogP contribution in [-0.2, 0) is 20.8 Å². The Balaban J connectivity index is 1.72. The van der Waals surface area contributed by atoms with E-state index in [0.717, 1.165) is 12.0 Å². The van der Waals surface area contributed by atoms with E-state index in [-0.39, 0.29) is 5.92 Å². The average molecular weight is 489 g/mol. The Morgan fingerprint density at radius 1 is 1.23 bits per heavy atom. The van der Waals surface area contributed by atoms with Crippen LogP contribution in [0.5, 0.6) is 11.5 Å². The topological polar surface area (TPSA) is 144 Å². The molecular formula is C25H32N2O8. The number of hydrogen-bond acceptors (Lipinski definition) is 7. The van der Waals surface area contributed by atoms with Crippen LogP contribution in [0.4, 0.5) is 0 Å². The molecule has 1 aromatic heterocycles.